The van der Waals surface area contributed by atoms with E-state index in [-0.39, 0.29) is 18.6 Å². The summed E-state index contributed by atoms with van der Waals surface area (Å²) in [5.74, 6) is 0.721. The lowest BCUT2D eigenvalue weighted by molar-refractivity contribution is 0.102. The van der Waals surface area contributed by atoms with Gasteiger partial charge < -0.3 is 20.1 Å². The number of fused-ring (bicyclic) bond motifs is 1. The third-order valence-corrected chi connectivity index (χ3v) is 4.63. The summed E-state index contributed by atoms with van der Waals surface area (Å²) >= 11 is 1.37. The first-order valence-corrected chi connectivity index (χ1v) is 8.73. The maximum atomic E-state index is 12.4. The molecule has 1 aromatic heterocycles. The predicted molar refractivity (Wildman–Crippen MR) is 99.2 cm³/mol. The maximum absolute atomic E-state index is 12.4. The molecule has 2 aromatic carbocycles. The molecule has 1 aliphatic heterocycles. The van der Waals surface area contributed by atoms with Crippen molar-refractivity contribution in [3.05, 3.63) is 70.4 Å². The van der Waals surface area contributed by atoms with Crippen LogP contribution in [0.5, 0.6) is 11.5 Å². The molecule has 2 heterocycles. The van der Waals surface area contributed by atoms with Crippen molar-refractivity contribution in [1.29, 1.82) is 0 Å². The third kappa shape index (κ3) is 3.38. The zero-order valence-electron chi connectivity index (χ0n) is 13.5. The highest BCUT2D eigenvalue weighted by Gasteiger charge is 2.16. The Labute approximate surface area is 153 Å². The minimum absolute atomic E-state index is 0.159. The summed E-state index contributed by atoms with van der Waals surface area (Å²) in [7, 11) is 0. The first-order chi connectivity index (χ1) is 12.7. The number of hydrogen-bond acceptors (Lipinski definition) is 5. The lowest BCUT2D eigenvalue weighted by Crippen LogP contribution is -2.13. The lowest BCUT2D eigenvalue weighted by atomic mass is 10.2. The molecule has 1 aliphatic rings. The highest BCUT2D eigenvalue weighted by Crippen LogP contribution is 2.32. The second-order valence-electron chi connectivity index (χ2n) is 5.53. The van der Waals surface area contributed by atoms with Gasteiger partial charge in [0.05, 0.1) is 4.88 Å². The summed E-state index contributed by atoms with van der Waals surface area (Å²) in [6.07, 6.45) is 0. The van der Waals surface area contributed by atoms with Crippen LogP contribution in [0.2, 0.25) is 0 Å². The Morgan fingerprint density at radius 3 is 2.38 bits per heavy atom. The van der Waals surface area contributed by atoms with E-state index in [1.54, 1.807) is 48.5 Å². The van der Waals surface area contributed by atoms with E-state index in [0.717, 1.165) is 0 Å². The van der Waals surface area contributed by atoms with E-state index in [1.165, 1.54) is 11.3 Å². The monoisotopic (exact) mass is 366 g/mol. The molecule has 2 amide bonds. The molecule has 6 nitrogen and oxygen atoms in total. The SMILES string of the molecule is O=C(Nc1cccc(NC(=O)c2cccs2)c1)c1ccc2c(c1)OCO2. The number of rotatable bonds is 4. The Kier molecular flexibility index (Phi) is 4.28. The Morgan fingerprint density at radius 2 is 1.62 bits per heavy atom. The van der Waals surface area contributed by atoms with Gasteiger partial charge in [0.25, 0.3) is 11.8 Å². The minimum atomic E-state index is -0.273. The van der Waals surface area contributed by atoms with Crippen LogP contribution < -0.4 is 20.1 Å². The molecular weight excluding hydrogens is 352 g/mol. The molecule has 0 aliphatic carbocycles. The summed E-state index contributed by atoms with van der Waals surface area (Å²) in [6, 6.07) is 15.6. The van der Waals surface area contributed by atoms with Crippen molar-refractivity contribution in [1.82, 2.24) is 0 Å². The third-order valence-electron chi connectivity index (χ3n) is 3.76. The molecule has 2 N–H and O–H groups in total. The second-order valence-corrected chi connectivity index (χ2v) is 6.48. The van der Waals surface area contributed by atoms with Gasteiger partial charge in [-0.25, -0.2) is 0 Å². The molecule has 0 fully saturated rings. The van der Waals surface area contributed by atoms with Gasteiger partial charge in [0.2, 0.25) is 6.79 Å². The Morgan fingerprint density at radius 1 is 0.846 bits per heavy atom. The maximum Gasteiger partial charge on any atom is 0.265 e. The zero-order chi connectivity index (χ0) is 17.9. The number of nitrogens with one attached hydrogen (secondary N) is 2. The molecular formula is C19H14N2O4S. The van der Waals surface area contributed by atoms with Crippen molar-refractivity contribution in [2.45, 2.75) is 0 Å². The van der Waals surface area contributed by atoms with E-state index < -0.39 is 0 Å². The van der Waals surface area contributed by atoms with Crippen LogP contribution in [-0.4, -0.2) is 18.6 Å². The molecule has 4 rings (SSSR count). The summed E-state index contributed by atoms with van der Waals surface area (Å²) in [5, 5.41) is 7.47. The average Bonchev–Trinajstić information content (AvgIpc) is 3.33. The van der Waals surface area contributed by atoms with Crippen molar-refractivity contribution >= 4 is 34.5 Å². The topological polar surface area (TPSA) is 76.7 Å². The van der Waals surface area contributed by atoms with Crippen LogP contribution in [0, 0.1) is 0 Å². The van der Waals surface area contributed by atoms with Crippen LogP contribution in [-0.2, 0) is 0 Å². The number of thiophene rings is 1. The first kappa shape index (κ1) is 16.2. The van der Waals surface area contributed by atoms with Crippen molar-refractivity contribution < 1.29 is 19.1 Å². The van der Waals surface area contributed by atoms with Gasteiger partial charge in [-0.3, -0.25) is 9.59 Å². The Balaban J connectivity index is 1.46. The molecule has 26 heavy (non-hydrogen) atoms. The molecule has 0 bridgehead atoms. The van der Waals surface area contributed by atoms with Crippen LogP contribution in [0.25, 0.3) is 0 Å². The van der Waals surface area contributed by atoms with Crippen molar-refractivity contribution in [2.75, 3.05) is 17.4 Å². The fourth-order valence-corrected chi connectivity index (χ4v) is 3.14. The van der Waals surface area contributed by atoms with E-state index in [1.807, 2.05) is 11.4 Å². The van der Waals surface area contributed by atoms with Gasteiger partial charge in [-0.2, -0.15) is 0 Å². The number of amides is 2. The fourth-order valence-electron chi connectivity index (χ4n) is 2.52. The molecule has 0 saturated carbocycles. The lowest BCUT2D eigenvalue weighted by Gasteiger charge is -2.09. The Hall–Kier alpha value is -3.32. The standard InChI is InChI=1S/C19H14N2O4S/c22-18(12-6-7-15-16(9-12)25-11-24-15)20-13-3-1-4-14(10-13)21-19(23)17-5-2-8-26-17/h1-10H,11H2,(H,20,22)(H,21,23). The minimum Gasteiger partial charge on any atom is -0.454 e. The van der Waals surface area contributed by atoms with Crippen molar-refractivity contribution in [2.24, 2.45) is 0 Å². The highest BCUT2D eigenvalue weighted by atomic mass is 32.1. The largest absolute Gasteiger partial charge is 0.454 e. The summed E-state index contributed by atoms with van der Waals surface area (Å²) < 4.78 is 10.5. The second kappa shape index (κ2) is 6.89. The van der Waals surface area contributed by atoms with Crippen LogP contribution in [0.4, 0.5) is 11.4 Å². The molecule has 0 saturated heterocycles. The van der Waals surface area contributed by atoms with Crippen molar-refractivity contribution in [3.63, 3.8) is 0 Å². The van der Waals surface area contributed by atoms with E-state index in [9.17, 15) is 9.59 Å². The molecule has 0 radical (unpaired) electrons. The smallest absolute Gasteiger partial charge is 0.265 e. The van der Waals surface area contributed by atoms with Crippen LogP contribution in [0.3, 0.4) is 0 Å². The van der Waals surface area contributed by atoms with Crippen LogP contribution in [0.15, 0.2) is 60.0 Å². The van der Waals surface area contributed by atoms with Gasteiger partial charge in [-0.05, 0) is 47.8 Å². The van der Waals surface area contributed by atoms with Gasteiger partial charge in [0.15, 0.2) is 11.5 Å². The zero-order valence-corrected chi connectivity index (χ0v) is 14.3. The number of carbonyl (C=O) groups is 2. The number of hydrogen-bond donors (Lipinski definition) is 2. The van der Waals surface area contributed by atoms with E-state index in [2.05, 4.69) is 10.6 Å². The van der Waals surface area contributed by atoms with Gasteiger partial charge in [-0.1, -0.05) is 12.1 Å². The van der Waals surface area contributed by atoms with Gasteiger partial charge >= 0.3 is 0 Å². The molecule has 0 unspecified atom stereocenters. The normalized spacial score (nSPS) is 11.8. The molecule has 130 valence electrons. The van der Waals surface area contributed by atoms with Crippen LogP contribution in [0.1, 0.15) is 20.0 Å². The first-order valence-electron chi connectivity index (χ1n) is 7.85. The molecule has 0 spiro atoms. The van der Waals surface area contributed by atoms with E-state index >= 15 is 0 Å². The molecule has 7 heteroatoms. The number of carbonyl (C=O) groups excluding carboxylic acids is 2. The summed E-state index contributed by atoms with van der Waals surface area (Å²) in [4.78, 5) is 25.2. The Bertz CT molecular complexity index is 969. The van der Waals surface area contributed by atoms with Gasteiger partial charge in [-0.15, -0.1) is 11.3 Å². The number of anilines is 2. The number of ether oxygens (including phenoxy) is 2. The van der Waals surface area contributed by atoms with Crippen molar-refractivity contribution in [3.8, 4) is 11.5 Å². The summed E-state index contributed by atoms with van der Waals surface area (Å²) in [6.45, 7) is 0.159. The van der Waals surface area contributed by atoms with Crippen LogP contribution >= 0.6 is 11.3 Å². The fraction of sp³-hybridized carbons (Fsp3) is 0.0526. The van der Waals surface area contributed by atoms with Gasteiger partial charge in [0, 0.05) is 16.9 Å². The molecule has 0 atom stereocenters. The number of benzene rings is 2. The molecule has 3 aromatic rings. The summed E-state index contributed by atoms with van der Waals surface area (Å²) in [5.41, 5.74) is 1.64. The predicted octanol–water partition coefficient (Wildman–Crippen LogP) is 3.98. The van der Waals surface area contributed by atoms with E-state index in [0.29, 0.717) is 33.3 Å². The average molecular weight is 366 g/mol. The highest BCUT2D eigenvalue weighted by molar-refractivity contribution is 7.12. The quantitative estimate of drug-likeness (QED) is 0.732. The van der Waals surface area contributed by atoms with E-state index in [4.69, 9.17) is 9.47 Å². The van der Waals surface area contributed by atoms with Gasteiger partial charge in [0.1, 0.15) is 0 Å².